The molecule has 1 aliphatic heterocycles. The molecular weight excluding hydrogens is 506 g/mol. The van der Waals surface area contributed by atoms with Crippen molar-refractivity contribution < 1.29 is 32.6 Å². The molecular formula is C30H28F2N2O5. The minimum atomic E-state index is -0.975. The highest BCUT2D eigenvalue weighted by Crippen LogP contribution is 2.41. The number of amides is 2. The number of hydrogen-bond donors (Lipinski definition) is 2. The summed E-state index contributed by atoms with van der Waals surface area (Å²) < 4.78 is 38.1. The van der Waals surface area contributed by atoms with Gasteiger partial charge in [-0.15, -0.1) is 0 Å². The first kappa shape index (κ1) is 26.2. The number of fused-ring (bicyclic) bond motifs is 1. The smallest absolute Gasteiger partial charge is 0.408 e. The molecule has 1 aliphatic rings. The summed E-state index contributed by atoms with van der Waals surface area (Å²) >= 11 is 0. The third-order valence-electron chi connectivity index (χ3n) is 6.37. The van der Waals surface area contributed by atoms with E-state index in [2.05, 4.69) is 5.32 Å². The van der Waals surface area contributed by atoms with Crippen molar-refractivity contribution >= 4 is 23.0 Å². The van der Waals surface area contributed by atoms with Crippen molar-refractivity contribution in [2.45, 2.75) is 39.1 Å². The normalized spacial score (nSPS) is 13.8. The predicted octanol–water partition coefficient (Wildman–Crippen LogP) is 6.43. The van der Waals surface area contributed by atoms with Gasteiger partial charge in [0.1, 0.15) is 23.2 Å². The molecule has 0 atom stereocenters. The molecule has 0 unspecified atom stereocenters. The Hall–Kier alpha value is -4.40. The van der Waals surface area contributed by atoms with Gasteiger partial charge >= 0.3 is 6.09 Å². The van der Waals surface area contributed by atoms with E-state index >= 15 is 0 Å². The number of benzene rings is 3. The van der Waals surface area contributed by atoms with Crippen LogP contribution in [-0.4, -0.2) is 46.9 Å². The lowest BCUT2D eigenvalue weighted by atomic mass is 9.95. The van der Waals surface area contributed by atoms with E-state index in [9.17, 15) is 23.5 Å². The summed E-state index contributed by atoms with van der Waals surface area (Å²) in [6.07, 6.45) is -1.63. The summed E-state index contributed by atoms with van der Waals surface area (Å²) in [6, 6.07) is 16.4. The number of alkyl carbamates (subject to hydrolysis) is 1. The molecule has 0 saturated carbocycles. The fraction of sp³-hybridized carbons (Fsp3) is 0.267. The number of likely N-dealkylation sites (tertiary alicyclic amines) is 1. The second-order valence-corrected chi connectivity index (χ2v) is 10.5. The van der Waals surface area contributed by atoms with Crippen molar-refractivity contribution in [1.82, 2.24) is 10.2 Å². The maximum atomic E-state index is 13.7. The minimum absolute atomic E-state index is 0.100. The van der Waals surface area contributed by atoms with Gasteiger partial charge in [0.05, 0.1) is 25.0 Å². The Balaban J connectivity index is 1.51. The maximum Gasteiger partial charge on any atom is 0.408 e. The summed E-state index contributed by atoms with van der Waals surface area (Å²) in [4.78, 5) is 26.1. The molecule has 0 spiro atoms. The van der Waals surface area contributed by atoms with Gasteiger partial charge in [0.15, 0.2) is 11.5 Å². The molecule has 39 heavy (non-hydrogen) atoms. The van der Waals surface area contributed by atoms with E-state index in [-0.39, 0.29) is 37.1 Å². The van der Waals surface area contributed by atoms with Gasteiger partial charge < -0.3 is 24.5 Å². The number of aromatic hydroxyl groups is 1. The molecule has 0 radical (unpaired) electrons. The average Bonchev–Trinajstić information content (AvgIpc) is 3.19. The molecule has 5 rings (SSSR count). The van der Waals surface area contributed by atoms with Gasteiger partial charge in [-0.3, -0.25) is 4.79 Å². The van der Waals surface area contributed by atoms with E-state index in [1.165, 1.54) is 17.0 Å². The molecule has 1 aromatic heterocycles. The van der Waals surface area contributed by atoms with Gasteiger partial charge in [-0.25, -0.2) is 13.6 Å². The molecule has 3 aromatic carbocycles. The van der Waals surface area contributed by atoms with Crippen LogP contribution in [0, 0.1) is 5.82 Å². The highest BCUT2D eigenvalue weighted by atomic mass is 19.1. The number of nitrogens with zero attached hydrogens (tertiary/aromatic N) is 1. The molecule has 1 saturated heterocycles. The largest absolute Gasteiger partial charge is 0.504 e. The van der Waals surface area contributed by atoms with Gasteiger partial charge in [0.25, 0.3) is 5.91 Å². The first-order chi connectivity index (χ1) is 18.5. The lowest BCUT2D eigenvalue weighted by molar-refractivity contribution is 0.0400. The highest BCUT2D eigenvalue weighted by molar-refractivity contribution is 6.00. The highest BCUT2D eigenvalue weighted by Gasteiger charge is 2.31. The Labute approximate surface area is 224 Å². The Bertz CT molecular complexity index is 1530. The summed E-state index contributed by atoms with van der Waals surface area (Å²) in [5.41, 5.74) is 2.89. The van der Waals surface area contributed by atoms with E-state index in [0.29, 0.717) is 27.7 Å². The van der Waals surface area contributed by atoms with Crippen LogP contribution in [0.15, 0.2) is 65.1 Å². The van der Waals surface area contributed by atoms with Crippen LogP contribution in [0.1, 0.15) is 36.9 Å². The SMILES string of the molecule is CC(C)(C)OC(=O)NCc1oc2c(-c3ccc(F)cc3)cc(-c3ccc(C(=O)N4CC(F)C4)cc3)cc2c1O. The fourth-order valence-corrected chi connectivity index (χ4v) is 4.41. The number of hydrogen-bond acceptors (Lipinski definition) is 5. The van der Waals surface area contributed by atoms with Crippen molar-refractivity contribution in [3.05, 3.63) is 77.8 Å². The van der Waals surface area contributed by atoms with Crippen LogP contribution in [0.2, 0.25) is 0 Å². The lowest BCUT2D eigenvalue weighted by Gasteiger charge is -2.34. The van der Waals surface area contributed by atoms with Crippen molar-refractivity contribution in [2.75, 3.05) is 13.1 Å². The van der Waals surface area contributed by atoms with Crippen LogP contribution in [-0.2, 0) is 11.3 Å². The van der Waals surface area contributed by atoms with E-state index in [4.69, 9.17) is 9.15 Å². The van der Waals surface area contributed by atoms with Crippen molar-refractivity contribution in [3.8, 4) is 28.0 Å². The van der Waals surface area contributed by atoms with E-state index in [1.54, 1.807) is 63.2 Å². The Morgan fingerprint density at radius 3 is 2.28 bits per heavy atom. The molecule has 7 nitrogen and oxygen atoms in total. The van der Waals surface area contributed by atoms with Crippen molar-refractivity contribution in [1.29, 1.82) is 0 Å². The molecule has 4 aromatic rings. The average molecular weight is 535 g/mol. The molecule has 0 aliphatic carbocycles. The zero-order chi connectivity index (χ0) is 27.9. The predicted molar refractivity (Wildman–Crippen MR) is 143 cm³/mol. The zero-order valence-corrected chi connectivity index (χ0v) is 21.8. The van der Waals surface area contributed by atoms with Crippen LogP contribution < -0.4 is 5.32 Å². The van der Waals surface area contributed by atoms with E-state index in [0.717, 1.165) is 11.1 Å². The van der Waals surface area contributed by atoms with Crippen LogP contribution in [0.3, 0.4) is 0 Å². The van der Waals surface area contributed by atoms with Crippen LogP contribution in [0.4, 0.5) is 13.6 Å². The van der Waals surface area contributed by atoms with Crippen LogP contribution >= 0.6 is 0 Å². The number of halogens is 2. The molecule has 2 heterocycles. The topological polar surface area (TPSA) is 92.0 Å². The van der Waals surface area contributed by atoms with Gasteiger partial charge in [0, 0.05) is 11.1 Å². The summed E-state index contributed by atoms with van der Waals surface area (Å²) in [7, 11) is 0. The summed E-state index contributed by atoms with van der Waals surface area (Å²) in [6.45, 7) is 5.32. The van der Waals surface area contributed by atoms with Gasteiger partial charge in [0.2, 0.25) is 0 Å². The second kappa shape index (κ2) is 10.1. The van der Waals surface area contributed by atoms with Crippen LogP contribution in [0.25, 0.3) is 33.2 Å². The quantitative estimate of drug-likeness (QED) is 0.308. The van der Waals surface area contributed by atoms with Gasteiger partial charge in [-0.05, 0) is 73.9 Å². The minimum Gasteiger partial charge on any atom is -0.504 e. The number of carbonyl (C=O) groups excluding carboxylic acids is 2. The number of furan rings is 1. The van der Waals surface area contributed by atoms with E-state index in [1.807, 2.05) is 6.07 Å². The fourth-order valence-electron chi connectivity index (χ4n) is 4.41. The molecule has 1 fully saturated rings. The number of alkyl halides is 1. The lowest BCUT2D eigenvalue weighted by Crippen LogP contribution is -2.51. The van der Waals surface area contributed by atoms with Gasteiger partial charge in [-0.2, -0.15) is 0 Å². The monoisotopic (exact) mass is 534 g/mol. The zero-order valence-electron chi connectivity index (χ0n) is 21.8. The second-order valence-electron chi connectivity index (χ2n) is 10.5. The first-order valence-corrected chi connectivity index (χ1v) is 12.5. The number of nitrogens with one attached hydrogen (secondary N) is 1. The Morgan fingerprint density at radius 1 is 1.03 bits per heavy atom. The number of rotatable bonds is 5. The maximum absolute atomic E-state index is 13.7. The molecule has 0 bridgehead atoms. The third kappa shape index (κ3) is 5.57. The van der Waals surface area contributed by atoms with Crippen LogP contribution in [0.5, 0.6) is 5.75 Å². The van der Waals surface area contributed by atoms with Gasteiger partial charge in [-0.1, -0.05) is 24.3 Å². The third-order valence-corrected chi connectivity index (χ3v) is 6.37. The molecule has 2 N–H and O–H groups in total. The first-order valence-electron chi connectivity index (χ1n) is 12.5. The molecule has 2 amide bonds. The molecule has 9 heteroatoms. The standard InChI is InChI=1S/C30H28F2N2O5/c1-30(2,3)39-29(37)33-14-25-26(35)24-13-20(12-23(27(24)38-25)18-8-10-21(31)11-9-18)17-4-6-19(7-5-17)28(36)34-15-22(32)16-34/h4-13,22,35H,14-16H2,1-3H3,(H,33,37). The number of carbonyl (C=O) groups is 2. The summed E-state index contributed by atoms with van der Waals surface area (Å²) in [5, 5.41) is 14.0. The Kier molecular flexibility index (Phi) is 6.76. The van der Waals surface area contributed by atoms with E-state index < -0.39 is 23.7 Å². The number of ether oxygens (including phenoxy) is 1. The van der Waals surface area contributed by atoms with Crippen molar-refractivity contribution in [2.24, 2.45) is 0 Å². The molecule has 202 valence electrons. The summed E-state index contributed by atoms with van der Waals surface area (Å²) in [5.74, 6) is -0.626. The van der Waals surface area contributed by atoms with Crippen molar-refractivity contribution in [3.63, 3.8) is 0 Å². The Morgan fingerprint density at radius 2 is 1.67 bits per heavy atom.